The lowest BCUT2D eigenvalue weighted by Crippen LogP contribution is -2.39. The second-order valence-corrected chi connectivity index (χ2v) is 4.48. The third-order valence-electron chi connectivity index (χ3n) is 2.94. The van der Waals surface area contributed by atoms with Gasteiger partial charge in [0.05, 0.1) is 13.7 Å². The van der Waals surface area contributed by atoms with E-state index in [1.54, 1.807) is 21.3 Å². The molecule has 0 saturated heterocycles. The lowest BCUT2D eigenvalue weighted by Gasteiger charge is -2.13. The summed E-state index contributed by atoms with van der Waals surface area (Å²) in [6.07, 6.45) is 0.885. The number of benzene rings is 1. The standard InChI is InChI=1S/C15H25N3O2.HI/c1-12-5-6-14(20-4)13(11-12)7-8-17-15(16-2)18-9-10-19-3;/h5-6,11H,7-10H2,1-4H3,(H2,16,17,18);1H. The van der Waals surface area contributed by atoms with Gasteiger partial charge in [0.2, 0.25) is 0 Å². The van der Waals surface area contributed by atoms with Crippen LogP contribution in [0.3, 0.4) is 0 Å². The monoisotopic (exact) mass is 407 g/mol. The van der Waals surface area contributed by atoms with Crippen LogP contribution in [0.5, 0.6) is 5.75 Å². The Morgan fingerprint density at radius 1 is 1.19 bits per heavy atom. The predicted octanol–water partition coefficient (Wildman–Crippen LogP) is 1.98. The molecule has 0 bridgehead atoms. The van der Waals surface area contributed by atoms with Crippen LogP contribution in [-0.2, 0) is 11.2 Å². The number of halogens is 1. The van der Waals surface area contributed by atoms with Gasteiger partial charge in [-0.15, -0.1) is 24.0 Å². The van der Waals surface area contributed by atoms with Crippen molar-refractivity contribution in [1.82, 2.24) is 10.6 Å². The number of nitrogens with one attached hydrogen (secondary N) is 2. The summed E-state index contributed by atoms with van der Waals surface area (Å²) in [5.74, 6) is 1.72. The zero-order chi connectivity index (χ0) is 14.8. The molecular weight excluding hydrogens is 381 g/mol. The van der Waals surface area contributed by atoms with E-state index in [4.69, 9.17) is 9.47 Å². The molecule has 2 N–H and O–H groups in total. The fourth-order valence-corrected chi connectivity index (χ4v) is 1.91. The number of hydrogen-bond donors (Lipinski definition) is 2. The van der Waals surface area contributed by atoms with Crippen molar-refractivity contribution in [2.75, 3.05) is 41.0 Å². The predicted molar refractivity (Wildman–Crippen MR) is 98.1 cm³/mol. The van der Waals surface area contributed by atoms with Gasteiger partial charge in [-0.05, 0) is 25.0 Å². The molecule has 0 aliphatic heterocycles. The largest absolute Gasteiger partial charge is 0.496 e. The van der Waals surface area contributed by atoms with E-state index >= 15 is 0 Å². The minimum atomic E-state index is 0. The smallest absolute Gasteiger partial charge is 0.191 e. The molecule has 0 fully saturated rings. The van der Waals surface area contributed by atoms with Crippen LogP contribution in [0, 0.1) is 6.92 Å². The first-order valence-corrected chi connectivity index (χ1v) is 6.78. The summed E-state index contributed by atoms with van der Waals surface area (Å²) in [7, 11) is 5.14. The Morgan fingerprint density at radius 2 is 1.90 bits per heavy atom. The first-order valence-electron chi connectivity index (χ1n) is 6.78. The lowest BCUT2D eigenvalue weighted by atomic mass is 10.1. The maximum absolute atomic E-state index is 5.37. The minimum absolute atomic E-state index is 0. The van der Waals surface area contributed by atoms with Gasteiger partial charge in [-0.25, -0.2) is 0 Å². The Hall–Kier alpha value is -1.02. The first-order chi connectivity index (χ1) is 9.71. The van der Waals surface area contributed by atoms with Crippen LogP contribution in [0.4, 0.5) is 0 Å². The third-order valence-corrected chi connectivity index (χ3v) is 2.94. The summed E-state index contributed by atoms with van der Waals surface area (Å²) in [4.78, 5) is 4.16. The first kappa shape index (κ1) is 20.0. The highest BCUT2D eigenvalue weighted by atomic mass is 127. The highest BCUT2D eigenvalue weighted by Crippen LogP contribution is 2.19. The van der Waals surface area contributed by atoms with E-state index in [0.29, 0.717) is 6.61 Å². The topological polar surface area (TPSA) is 54.9 Å². The van der Waals surface area contributed by atoms with Gasteiger partial charge in [0.15, 0.2) is 5.96 Å². The van der Waals surface area contributed by atoms with Crippen molar-refractivity contribution >= 4 is 29.9 Å². The molecule has 1 rings (SSSR count). The summed E-state index contributed by atoms with van der Waals surface area (Å²) in [6.45, 7) is 4.28. The molecule has 0 spiro atoms. The fraction of sp³-hybridized carbons (Fsp3) is 0.533. The van der Waals surface area contributed by atoms with Gasteiger partial charge in [-0.2, -0.15) is 0 Å². The molecule has 120 valence electrons. The van der Waals surface area contributed by atoms with E-state index in [2.05, 4.69) is 34.7 Å². The van der Waals surface area contributed by atoms with Crippen molar-refractivity contribution in [2.24, 2.45) is 4.99 Å². The van der Waals surface area contributed by atoms with E-state index < -0.39 is 0 Å². The summed E-state index contributed by atoms with van der Waals surface area (Å²) < 4.78 is 10.4. The van der Waals surface area contributed by atoms with Crippen LogP contribution in [0.2, 0.25) is 0 Å². The average Bonchev–Trinajstić information content (AvgIpc) is 2.46. The Morgan fingerprint density at radius 3 is 2.52 bits per heavy atom. The minimum Gasteiger partial charge on any atom is -0.496 e. The summed E-state index contributed by atoms with van der Waals surface area (Å²) in [6, 6.07) is 6.22. The molecule has 6 heteroatoms. The molecule has 0 atom stereocenters. The second-order valence-electron chi connectivity index (χ2n) is 4.48. The molecule has 0 radical (unpaired) electrons. The van der Waals surface area contributed by atoms with Crippen molar-refractivity contribution < 1.29 is 9.47 Å². The molecule has 0 heterocycles. The average molecular weight is 407 g/mol. The van der Waals surface area contributed by atoms with Gasteiger partial charge in [-0.1, -0.05) is 17.7 Å². The van der Waals surface area contributed by atoms with Crippen LogP contribution in [0.15, 0.2) is 23.2 Å². The Labute approximate surface area is 144 Å². The fourth-order valence-electron chi connectivity index (χ4n) is 1.91. The number of aryl methyl sites for hydroxylation is 1. The van der Waals surface area contributed by atoms with Crippen LogP contribution in [-0.4, -0.2) is 46.9 Å². The normalized spacial score (nSPS) is 10.8. The van der Waals surface area contributed by atoms with Crippen molar-refractivity contribution in [3.63, 3.8) is 0 Å². The maximum Gasteiger partial charge on any atom is 0.191 e. The quantitative estimate of drug-likeness (QED) is 0.314. The number of nitrogens with zero attached hydrogens (tertiary/aromatic N) is 1. The van der Waals surface area contributed by atoms with E-state index in [1.807, 2.05) is 6.07 Å². The highest BCUT2D eigenvalue weighted by Gasteiger charge is 2.03. The van der Waals surface area contributed by atoms with Crippen LogP contribution in [0.25, 0.3) is 0 Å². The molecule has 21 heavy (non-hydrogen) atoms. The van der Waals surface area contributed by atoms with Gasteiger partial charge in [0.25, 0.3) is 0 Å². The number of guanidine groups is 1. The number of rotatable bonds is 7. The van der Waals surface area contributed by atoms with E-state index in [1.165, 1.54) is 11.1 Å². The number of aliphatic imine (C=N–C) groups is 1. The SMILES string of the molecule is CN=C(NCCOC)NCCc1cc(C)ccc1OC.I. The van der Waals surface area contributed by atoms with Gasteiger partial charge < -0.3 is 20.1 Å². The summed E-state index contributed by atoms with van der Waals surface area (Å²) >= 11 is 0. The molecule has 1 aromatic rings. The number of hydrogen-bond acceptors (Lipinski definition) is 3. The number of methoxy groups -OCH3 is 2. The molecule has 0 aromatic heterocycles. The maximum atomic E-state index is 5.37. The van der Waals surface area contributed by atoms with Crippen LogP contribution in [0.1, 0.15) is 11.1 Å². The highest BCUT2D eigenvalue weighted by molar-refractivity contribution is 14.0. The van der Waals surface area contributed by atoms with Gasteiger partial charge in [0.1, 0.15) is 5.75 Å². The molecule has 0 amide bonds. The van der Waals surface area contributed by atoms with E-state index in [9.17, 15) is 0 Å². The van der Waals surface area contributed by atoms with E-state index in [0.717, 1.165) is 31.2 Å². The summed E-state index contributed by atoms with van der Waals surface area (Å²) in [5.41, 5.74) is 2.44. The lowest BCUT2D eigenvalue weighted by molar-refractivity contribution is 0.203. The Balaban J connectivity index is 0.00000400. The van der Waals surface area contributed by atoms with Crippen LogP contribution >= 0.6 is 24.0 Å². The molecule has 0 unspecified atom stereocenters. The molecule has 0 aliphatic carbocycles. The molecule has 0 aliphatic rings. The third kappa shape index (κ3) is 7.52. The number of ether oxygens (including phenoxy) is 2. The molecular formula is C15H26IN3O2. The zero-order valence-electron chi connectivity index (χ0n) is 13.2. The second kappa shape index (κ2) is 11.6. The summed E-state index contributed by atoms with van der Waals surface area (Å²) in [5, 5.41) is 6.45. The Kier molecular flexibility index (Phi) is 11.1. The van der Waals surface area contributed by atoms with Gasteiger partial charge in [0, 0.05) is 27.2 Å². The van der Waals surface area contributed by atoms with Crippen molar-refractivity contribution in [3.05, 3.63) is 29.3 Å². The molecule has 5 nitrogen and oxygen atoms in total. The molecule has 0 saturated carbocycles. The van der Waals surface area contributed by atoms with Gasteiger partial charge >= 0.3 is 0 Å². The Bertz CT molecular complexity index is 439. The molecule has 1 aromatic carbocycles. The van der Waals surface area contributed by atoms with Gasteiger partial charge in [-0.3, -0.25) is 4.99 Å². The van der Waals surface area contributed by atoms with Crippen molar-refractivity contribution in [3.8, 4) is 5.75 Å². The van der Waals surface area contributed by atoms with Crippen LogP contribution < -0.4 is 15.4 Å². The van der Waals surface area contributed by atoms with Crippen molar-refractivity contribution in [1.29, 1.82) is 0 Å². The van der Waals surface area contributed by atoms with E-state index in [-0.39, 0.29) is 24.0 Å². The van der Waals surface area contributed by atoms with Crippen molar-refractivity contribution in [2.45, 2.75) is 13.3 Å². The zero-order valence-corrected chi connectivity index (χ0v) is 15.6.